The molecule has 134 valence electrons. The number of nitrogens with one attached hydrogen (secondary N) is 2. The molecule has 7 heteroatoms. The van der Waals surface area contributed by atoms with Gasteiger partial charge in [0.1, 0.15) is 5.82 Å². The number of rotatable bonds is 7. The van der Waals surface area contributed by atoms with Crippen molar-refractivity contribution in [1.82, 2.24) is 20.8 Å². The first-order valence-electron chi connectivity index (χ1n) is 8.64. The van der Waals surface area contributed by atoms with Gasteiger partial charge in [-0.3, -0.25) is 10.1 Å². The summed E-state index contributed by atoms with van der Waals surface area (Å²) in [7, 11) is 0. The molecule has 1 heterocycles. The van der Waals surface area contributed by atoms with E-state index in [1.165, 1.54) is 12.1 Å². The Balaban J connectivity index is 1.48. The molecular weight excluding hydrogens is 323 g/mol. The van der Waals surface area contributed by atoms with Gasteiger partial charge < -0.3 is 9.84 Å². The van der Waals surface area contributed by atoms with Crippen LogP contribution in [0.25, 0.3) is 0 Å². The van der Waals surface area contributed by atoms with Gasteiger partial charge in [-0.25, -0.2) is 4.39 Å². The Hall–Kier alpha value is -2.28. The van der Waals surface area contributed by atoms with E-state index in [0.717, 1.165) is 31.2 Å². The van der Waals surface area contributed by atoms with Crippen molar-refractivity contribution in [2.45, 2.75) is 44.6 Å². The summed E-state index contributed by atoms with van der Waals surface area (Å²) in [5, 5.41) is 10.3. The summed E-state index contributed by atoms with van der Waals surface area (Å²) >= 11 is 0. The molecule has 0 radical (unpaired) electrons. The summed E-state index contributed by atoms with van der Waals surface area (Å²) in [6, 6.07) is 6.31. The molecule has 1 aromatic heterocycles. The average molecular weight is 346 g/mol. The molecular formula is C18H23FN4O2. The zero-order chi connectivity index (χ0) is 17.7. The van der Waals surface area contributed by atoms with Crippen LogP contribution in [-0.2, 0) is 16.8 Å². The molecule has 2 aromatic rings. The van der Waals surface area contributed by atoms with Crippen LogP contribution < -0.4 is 10.6 Å². The van der Waals surface area contributed by atoms with Gasteiger partial charge in [0.25, 0.3) is 0 Å². The second kappa shape index (κ2) is 7.74. The van der Waals surface area contributed by atoms with Crippen molar-refractivity contribution in [3.63, 3.8) is 0 Å². The van der Waals surface area contributed by atoms with Gasteiger partial charge in [-0.15, -0.1) is 0 Å². The summed E-state index contributed by atoms with van der Waals surface area (Å²) < 4.78 is 18.0. The molecule has 0 atom stereocenters. The Morgan fingerprint density at radius 2 is 2.00 bits per heavy atom. The lowest BCUT2D eigenvalue weighted by molar-refractivity contribution is -0.120. The maximum atomic E-state index is 12.9. The molecule has 2 N–H and O–H groups in total. The first-order chi connectivity index (χ1) is 12.1. The Morgan fingerprint density at radius 1 is 1.28 bits per heavy atom. The lowest BCUT2D eigenvalue weighted by Crippen LogP contribution is -2.46. The number of carbonyl (C=O) groups excluding carboxylic acids is 1. The van der Waals surface area contributed by atoms with E-state index in [2.05, 4.69) is 20.8 Å². The molecule has 0 bridgehead atoms. The molecule has 1 aliphatic carbocycles. The Morgan fingerprint density at radius 3 is 2.64 bits per heavy atom. The second-order valence-corrected chi connectivity index (χ2v) is 6.51. The largest absolute Gasteiger partial charge is 0.355 e. The summed E-state index contributed by atoms with van der Waals surface area (Å²) in [6.45, 7) is 2.48. The lowest BCUT2D eigenvalue weighted by atomic mass is 9.96. The third kappa shape index (κ3) is 4.42. The van der Waals surface area contributed by atoms with Gasteiger partial charge in [-0.2, -0.15) is 4.98 Å². The quantitative estimate of drug-likeness (QED) is 0.804. The SMILES string of the molecule is Cc1nc(C2(NCC(=O)NCCc3ccc(F)cc3)CCCC2)no1. The van der Waals surface area contributed by atoms with Crippen molar-refractivity contribution in [3.05, 3.63) is 47.4 Å². The summed E-state index contributed by atoms with van der Waals surface area (Å²) in [6.07, 6.45) is 4.62. The molecule has 1 aromatic carbocycles. The van der Waals surface area contributed by atoms with Crippen molar-refractivity contribution in [3.8, 4) is 0 Å². The van der Waals surface area contributed by atoms with Crippen molar-refractivity contribution in [2.24, 2.45) is 0 Å². The van der Waals surface area contributed by atoms with E-state index < -0.39 is 0 Å². The monoisotopic (exact) mass is 346 g/mol. The summed E-state index contributed by atoms with van der Waals surface area (Å²) in [5.41, 5.74) is 0.621. The van der Waals surface area contributed by atoms with Crippen LogP contribution in [-0.4, -0.2) is 29.1 Å². The van der Waals surface area contributed by atoms with Crippen LogP contribution in [0, 0.1) is 12.7 Å². The molecule has 0 spiro atoms. The minimum atomic E-state index is -0.369. The molecule has 1 saturated carbocycles. The van der Waals surface area contributed by atoms with E-state index in [0.29, 0.717) is 24.7 Å². The van der Waals surface area contributed by atoms with Crippen LogP contribution in [0.4, 0.5) is 4.39 Å². The number of aromatic nitrogens is 2. The maximum absolute atomic E-state index is 12.9. The van der Waals surface area contributed by atoms with Crippen LogP contribution in [0.5, 0.6) is 0 Å². The smallest absolute Gasteiger partial charge is 0.233 e. The Labute approximate surface area is 146 Å². The second-order valence-electron chi connectivity index (χ2n) is 6.51. The average Bonchev–Trinajstić information content (AvgIpc) is 3.25. The highest BCUT2D eigenvalue weighted by Gasteiger charge is 2.39. The van der Waals surface area contributed by atoms with Gasteiger partial charge in [0.2, 0.25) is 11.8 Å². The zero-order valence-electron chi connectivity index (χ0n) is 14.3. The number of halogens is 1. The highest BCUT2D eigenvalue weighted by atomic mass is 19.1. The van der Waals surface area contributed by atoms with Gasteiger partial charge in [0, 0.05) is 13.5 Å². The topological polar surface area (TPSA) is 80.0 Å². The lowest BCUT2D eigenvalue weighted by Gasteiger charge is -2.26. The first kappa shape index (κ1) is 17.5. The van der Waals surface area contributed by atoms with E-state index >= 15 is 0 Å². The number of nitrogens with zero attached hydrogens (tertiary/aromatic N) is 2. The van der Waals surface area contributed by atoms with E-state index in [9.17, 15) is 9.18 Å². The maximum Gasteiger partial charge on any atom is 0.233 e. The highest BCUT2D eigenvalue weighted by molar-refractivity contribution is 5.78. The number of hydrogen-bond acceptors (Lipinski definition) is 5. The van der Waals surface area contributed by atoms with Crippen molar-refractivity contribution in [2.75, 3.05) is 13.1 Å². The summed E-state index contributed by atoms with van der Waals surface area (Å²) in [4.78, 5) is 16.5. The standard InChI is InChI=1S/C18H23FN4O2/c1-13-22-17(23-25-13)18(9-2-3-10-18)21-12-16(24)20-11-8-14-4-6-15(19)7-5-14/h4-7,21H,2-3,8-12H2,1H3,(H,20,24). The molecule has 0 saturated heterocycles. The molecule has 25 heavy (non-hydrogen) atoms. The predicted octanol–water partition coefficient (Wildman–Crippen LogP) is 2.23. The fourth-order valence-electron chi connectivity index (χ4n) is 3.26. The molecule has 1 fully saturated rings. The van der Waals surface area contributed by atoms with Crippen molar-refractivity contribution < 1.29 is 13.7 Å². The number of benzene rings is 1. The highest BCUT2D eigenvalue weighted by Crippen LogP contribution is 2.37. The molecule has 3 rings (SSSR count). The van der Waals surface area contributed by atoms with Crippen LogP contribution in [0.1, 0.15) is 43.0 Å². The van der Waals surface area contributed by atoms with Crippen LogP contribution >= 0.6 is 0 Å². The molecule has 0 unspecified atom stereocenters. The molecule has 1 amide bonds. The third-order valence-electron chi connectivity index (χ3n) is 4.65. The predicted molar refractivity (Wildman–Crippen MR) is 90.3 cm³/mol. The molecule has 0 aliphatic heterocycles. The van der Waals surface area contributed by atoms with Crippen LogP contribution in [0.2, 0.25) is 0 Å². The minimum absolute atomic E-state index is 0.0754. The van der Waals surface area contributed by atoms with Gasteiger partial charge in [0.15, 0.2) is 5.82 Å². The summed E-state index contributed by atoms with van der Waals surface area (Å²) in [5.74, 6) is 0.845. The zero-order valence-corrected chi connectivity index (χ0v) is 14.3. The van der Waals surface area contributed by atoms with Gasteiger partial charge in [-0.1, -0.05) is 30.1 Å². The van der Waals surface area contributed by atoms with Crippen molar-refractivity contribution in [1.29, 1.82) is 0 Å². The molecule has 6 nitrogen and oxygen atoms in total. The van der Waals surface area contributed by atoms with Crippen LogP contribution in [0.3, 0.4) is 0 Å². The fourth-order valence-corrected chi connectivity index (χ4v) is 3.26. The van der Waals surface area contributed by atoms with Crippen molar-refractivity contribution >= 4 is 5.91 Å². The Bertz CT molecular complexity index is 708. The van der Waals surface area contributed by atoms with Gasteiger partial charge >= 0.3 is 0 Å². The van der Waals surface area contributed by atoms with E-state index in [4.69, 9.17) is 4.52 Å². The fraction of sp³-hybridized carbons (Fsp3) is 0.500. The number of hydrogen-bond donors (Lipinski definition) is 2. The first-order valence-corrected chi connectivity index (χ1v) is 8.64. The van der Waals surface area contributed by atoms with E-state index in [1.54, 1.807) is 19.1 Å². The number of carbonyl (C=O) groups is 1. The third-order valence-corrected chi connectivity index (χ3v) is 4.65. The normalized spacial score (nSPS) is 16.1. The van der Waals surface area contributed by atoms with Gasteiger partial charge in [-0.05, 0) is 37.0 Å². The Kier molecular flexibility index (Phi) is 5.43. The van der Waals surface area contributed by atoms with E-state index in [1.807, 2.05) is 0 Å². The number of amides is 1. The number of aryl methyl sites for hydroxylation is 1. The molecule has 1 aliphatic rings. The van der Waals surface area contributed by atoms with Crippen LogP contribution in [0.15, 0.2) is 28.8 Å². The van der Waals surface area contributed by atoms with E-state index in [-0.39, 0.29) is 23.8 Å². The minimum Gasteiger partial charge on any atom is -0.355 e. The van der Waals surface area contributed by atoms with Gasteiger partial charge in [0.05, 0.1) is 12.1 Å².